The predicted octanol–water partition coefficient (Wildman–Crippen LogP) is 2.59. The van der Waals surface area contributed by atoms with Gasteiger partial charge in [0.2, 0.25) is 15.9 Å². The van der Waals surface area contributed by atoms with Crippen LogP contribution in [0.1, 0.15) is 6.92 Å². The first kappa shape index (κ1) is 17.5. The van der Waals surface area contributed by atoms with Gasteiger partial charge in [0, 0.05) is 10.6 Å². The summed E-state index contributed by atoms with van der Waals surface area (Å²) in [6, 6.07) is 11.4. The molecule has 0 fully saturated rings. The number of benzene rings is 2. The Balaban J connectivity index is 1.99. The number of carbonyl (C=O) groups excluding carboxylic acids is 1. The van der Waals surface area contributed by atoms with Crippen LogP contribution in [0.25, 0.3) is 0 Å². The van der Waals surface area contributed by atoms with Gasteiger partial charge in [0.1, 0.15) is 5.82 Å². The molecule has 23 heavy (non-hydrogen) atoms. The molecule has 0 unspecified atom stereocenters. The van der Waals surface area contributed by atoms with E-state index in [9.17, 15) is 17.6 Å². The Labute approximate surface area is 138 Å². The van der Waals surface area contributed by atoms with Gasteiger partial charge < -0.3 is 5.32 Å². The maximum absolute atomic E-state index is 12.8. The van der Waals surface area contributed by atoms with E-state index in [1.165, 1.54) is 48.2 Å². The van der Waals surface area contributed by atoms with Crippen molar-refractivity contribution in [1.29, 1.82) is 0 Å². The lowest BCUT2D eigenvalue weighted by Crippen LogP contribution is -2.22. The van der Waals surface area contributed by atoms with Gasteiger partial charge in [-0.3, -0.25) is 4.79 Å². The highest BCUT2D eigenvalue weighted by molar-refractivity contribution is 8.00. The Morgan fingerprint density at radius 3 is 2.22 bits per heavy atom. The summed E-state index contributed by atoms with van der Waals surface area (Å²) in [5.74, 6) is -0.580. The number of carbonyl (C=O) groups is 1. The Kier molecular flexibility index (Phi) is 5.40. The average molecular weight is 354 g/mol. The molecular formula is C15H15FN2O3S2. The summed E-state index contributed by atoms with van der Waals surface area (Å²) < 4.78 is 35.2. The summed E-state index contributed by atoms with van der Waals surface area (Å²) in [6.07, 6.45) is 0. The highest BCUT2D eigenvalue weighted by Gasteiger charge is 2.15. The molecule has 0 aromatic heterocycles. The van der Waals surface area contributed by atoms with Gasteiger partial charge in [-0.2, -0.15) is 0 Å². The highest BCUT2D eigenvalue weighted by Crippen LogP contribution is 2.24. The average Bonchev–Trinajstić information content (AvgIpc) is 2.49. The Bertz CT molecular complexity index is 790. The molecule has 0 aliphatic rings. The third-order valence-electron chi connectivity index (χ3n) is 2.95. The van der Waals surface area contributed by atoms with Crippen LogP contribution in [0.2, 0.25) is 0 Å². The number of halogens is 1. The molecule has 3 N–H and O–H groups in total. The summed E-state index contributed by atoms with van der Waals surface area (Å²) in [6.45, 7) is 1.72. The second-order valence-corrected chi connectivity index (χ2v) is 7.75. The molecule has 0 radical (unpaired) electrons. The molecule has 0 bridgehead atoms. The van der Waals surface area contributed by atoms with Crippen molar-refractivity contribution in [1.82, 2.24) is 0 Å². The number of nitrogens with two attached hydrogens (primary N) is 1. The lowest BCUT2D eigenvalue weighted by Gasteiger charge is -2.12. The number of nitrogens with one attached hydrogen (secondary N) is 1. The Morgan fingerprint density at radius 2 is 1.70 bits per heavy atom. The van der Waals surface area contributed by atoms with E-state index < -0.39 is 15.3 Å². The Morgan fingerprint density at radius 1 is 1.13 bits per heavy atom. The number of rotatable bonds is 5. The zero-order valence-corrected chi connectivity index (χ0v) is 13.8. The minimum atomic E-state index is -3.76. The van der Waals surface area contributed by atoms with E-state index in [0.29, 0.717) is 5.69 Å². The van der Waals surface area contributed by atoms with Gasteiger partial charge in [-0.25, -0.2) is 17.9 Å². The van der Waals surface area contributed by atoms with Crippen molar-refractivity contribution in [2.24, 2.45) is 5.14 Å². The van der Waals surface area contributed by atoms with Crippen molar-refractivity contribution in [3.05, 3.63) is 54.3 Å². The zero-order valence-electron chi connectivity index (χ0n) is 12.2. The van der Waals surface area contributed by atoms with Gasteiger partial charge in [0.25, 0.3) is 0 Å². The normalized spacial score (nSPS) is 12.7. The number of hydrogen-bond acceptors (Lipinski definition) is 4. The van der Waals surface area contributed by atoms with Gasteiger partial charge in [-0.15, -0.1) is 11.8 Å². The molecule has 0 aliphatic carbocycles. The van der Waals surface area contributed by atoms with E-state index in [0.717, 1.165) is 4.90 Å². The molecule has 0 saturated carbocycles. The summed E-state index contributed by atoms with van der Waals surface area (Å²) in [5.41, 5.74) is 0.467. The second kappa shape index (κ2) is 7.12. The third kappa shape index (κ3) is 5.05. The number of hydrogen-bond donors (Lipinski definition) is 2. The first-order valence-electron chi connectivity index (χ1n) is 6.61. The first-order valence-corrected chi connectivity index (χ1v) is 9.04. The predicted molar refractivity (Wildman–Crippen MR) is 88.2 cm³/mol. The van der Waals surface area contributed by atoms with Crippen LogP contribution in [0.5, 0.6) is 0 Å². The van der Waals surface area contributed by atoms with Crippen molar-refractivity contribution in [3.8, 4) is 0 Å². The van der Waals surface area contributed by atoms with Gasteiger partial charge in [0.05, 0.1) is 10.1 Å². The van der Waals surface area contributed by atoms with Crippen LogP contribution in [0.4, 0.5) is 10.1 Å². The maximum atomic E-state index is 12.8. The van der Waals surface area contributed by atoms with E-state index in [1.54, 1.807) is 19.1 Å². The van der Waals surface area contributed by atoms with Crippen LogP contribution >= 0.6 is 11.8 Å². The molecule has 0 spiro atoms. The molecule has 5 nitrogen and oxygen atoms in total. The fourth-order valence-electron chi connectivity index (χ4n) is 1.74. The smallest absolute Gasteiger partial charge is 0.238 e. The van der Waals surface area contributed by atoms with Crippen LogP contribution in [0.15, 0.2) is 58.3 Å². The van der Waals surface area contributed by atoms with E-state index in [4.69, 9.17) is 5.14 Å². The molecule has 122 valence electrons. The van der Waals surface area contributed by atoms with Crippen LogP contribution in [0.3, 0.4) is 0 Å². The van der Waals surface area contributed by atoms with Crippen LogP contribution in [0, 0.1) is 5.82 Å². The molecule has 2 rings (SSSR count). The van der Waals surface area contributed by atoms with Crippen molar-refractivity contribution in [3.63, 3.8) is 0 Å². The van der Waals surface area contributed by atoms with Crippen LogP contribution < -0.4 is 10.5 Å². The molecule has 1 atom stereocenters. The molecule has 2 aromatic rings. The molecule has 0 saturated heterocycles. The van der Waals surface area contributed by atoms with Crippen molar-refractivity contribution < 1.29 is 17.6 Å². The SMILES string of the molecule is C[C@@H](Sc1ccc(F)cc1)C(=O)Nc1ccc(S(N)(=O)=O)cc1. The van der Waals surface area contributed by atoms with Crippen molar-refractivity contribution in [2.45, 2.75) is 22.0 Å². The maximum Gasteiger partial charge on any atom is 0.238 e. The van der Waals surface area contributed by atoms with E-state index >= 15 is 0 Å². The van der Waals surface area contributed by atoms with E-state index in [1.807, 2.05) is 0 Å². The standard InChI is InChI=1S/C15H15FN2O3S2/c1-10(22-13-6-2-11(16)3-7-13)15(19)18-12-4-8-14(9-5-12)23(17,20)21/h2-10H,1H3,(H,18,19)(H2,17,20,21)/t10-/m1/s1. The minimum absolute atomic E-state index is 0.0239. The monoisotopic (exact) mass is 354 g/mol. The Hall–Kier alpha value is -1.90. The van der Waals surface area contributed by atoms with Gasteiger partial charge in [-0.1, -0.05) is 0 Å². The lowest BCUT2D eigenvalue weighted by atomic mass is 10.3. The largest absolute Gasteiger partial charge is 0.325 e. The summed E-state index contributed by atoms with van der Waals surface area (Å²) in [4.78, 5) is 12.9. The first-order chi connectivity index (χ1) is 10.8. The fourth-order valence-corrected chi connectivity index (χ4v) is 3.13. The minimum Gasteiger partial charge on any atom is -0.325 e. The number of amides is 1. The molecule has 0 heterocycles. The molecular weight excluding hydrogens is 339 g/mol. The fraction of sp³-hybridized carbons (Fsp3) is 0.133. The molecule has 0 aliphatic heterocycles. The zero-order chi connectivity index (χ0) is 17.0. The molecule has 1 amide bonds. The van der Waals surface area contributed by atoms with Crippen molar-refractivity contribution in [2.75, 3.05) is 5.32 Å². The van der Waals surface area contributed by atoms with Crippen LogP contribution in [-0.4, -0.2) is 19.6 Å². The molecule has 8 heteroatoms. The van der Waals surface area contributed by atoms with Gasteiger partial charge in [0.15, 0.2) is 0 Å². The van der Waals surface area contributed by atoms with E-state index in [-0.39, 0.29) is 16.6 Å². The van der Waals surface area contributed by atoms with Crippen molar-refractivity contribution >= 4 is 33.4 Å². The summed E-state index contributed by atoms with van der Waals surface area (Å²) in [5, 5.41) is 7.29. The second-order valence-electron chi connectivity index (χ2n) is 4.77. The molecule has 2 aromatic carbocycles. The van der Waals surface area contributed by atoms with Gasteiger partial charge in [-0.05, 0) is 55.5 Å². The topological polar surface area (TPSA) is 89.3 Å². The quantitative estimate of drug-likeness (QED) is 0.808. The van der Waals surface area contributed by atoms with E-state index in [2.05, 4.69) is 5.32 Å². The lowest BCUT2D eigenvalue weighted by molar-refractivity contribution is -0.115. The number of thioether (sulfide) groups is 1. The van der Waals surface area contributed by atoms with Gasteiger partial charge >= 0.3 is 0 Å². The summed E-state index contributed by atoms with van der Waals surface area (Å²) in [7, 11) is -3.76. The number of primary sulfonamides is 1. The third-order valence-corrected chi connectivity index (χ3v) is 4.99. The number of anilines is 1. The van der Waals surface area contributed by atoms with Crippen LogP contribution in [-0.2, 0) is 14.8 Å². The summed E-state index contributed by atoms with van der Waals surface area (Å²) >= 11 is 1.29. The highest BCUT2D eigenvalue weighted by atomic mass is 32.2. The number of sulfonamides is 1.